The summed E-state index contributed by atoms with van der Waals surface area (Å²) in [6, 6.07) is 11.0. The molecular weight excluding hydrogens is 188 g/mol. The van der Waals surface area contributed by atoms with Crippen molar-refractivity contribution in [2.75, 3.05) is 13.1 Å². The molecule has 1 aromatic rings. The maximum absolute atomic E-state index is 9.79. The van der Waals surface area contributed by atoms with E-state index in [4.69, 9.17) is 0 Å². The number of nitrogens with zero attached hydrogens (tertiary/aromatic N) is 2. The molecule has 0 amide bonds. The molecule has 0 aliphatic carbocycles. The van der Waals surface area contributed by atoms with Crippen LogP contribution in [0.2, 0.25) is 0 Å². The molecule has 0 radical (unpaired) electrons. The highest BCUT2D eigenvalue weighted by molar-refractivity contribution is 5.23. The van der Waals surface area contributed by atoms with Crippen LogP contribution in [0.4, 0.5) is 0 Å². The van der Waals surface area contributed by atoms with Crippen LogP contribution in [0.3, 0.4) is 0 Å². The smallest absolute Gasteiger partial charge is 0.0485 e. The van der Waals surface area contributed by atoms with E-state index in [9.17, 15) is 5.21 Å². The summed E-state index contributed by atoms with van der Waals surface area (Å²) < 4.78 is 0. The van der Waals surface area contributed by atoms with E-state index in [2.05, 4.69) is 29.3 Å². The van der Waals surface area contributed by atoms with Crippen LogP contribution in [0.5, 0.6) is 0 Å². The highest BCUT2D eigenvalue weighted by Gasteiger charge is 2.42. The molecule has 1 N–H and O–H groups in total. The van der Waals surface area contributed by atoms with Gasteiger partial charge in [-0.3, -0.25) is 5.21 Å². The first-order valence-corrected chi connectivity index (χ1v) is 5.64. The van der Waals surface area contributed by atoms with Gasteiger partial charge in [0.05, 0.1) is 0 Å². The van der Waals surface area contributed by atoms with E-state index in [0.29, 0.717) is 12.0 Å². The van der Waals surface area contributed by atoms with Gasteiger partial charge < -0.3 is 0 Å². The zero-order valence-corrected chi connectivity index (χ0v) is 8.71. The molecule has 80 valence electrons. The summed E-state index contributed by atoms with van der Waals surface area (Å²) in [5.74, 6) is 0.471. The predicted molar refractivity (Wildman–Crippen MR) is 57.4 cm³/mol. The third-order valence-corrected chi connectivity index (χ3v) is 3.62. The Balaban J connectivity index is 1.88. The molecule has 0 bridgehead atoms. The Morgan fingerprint density at radius 2 is 2.00 bits per heavy atom. The first-order valence-electron chi connectivity index (χ1n) is 5.64. The molecule has 3 nitrogen and oxygen atoms in total. The molecule has 2 aliphatic heterocycles. The highest BCUT2D eigenvalue weighted by atomic mass is 16.6. The molecule has 0 aromatic heterocycles. The van der Waals surface area contributed by atoms with Crippen molar-refractivity contribution in [3.05, 3.63) is 35.9 Å². The molecule has 2 aliphatic rings. The minimum Gasteiger partial charge on any atom is -0.299 e. The molecule has 0 saturated carbocycles. The minimum absolute atomic E-state index is 0.471. The van der Waals surface area contributed by atoms with Crippen LogP contribution in [0.25, 0.3) is 0 Å². The van der Waals surface area contributed by atoms with Gasteiger partial charge in [0.2, 0.25) is 0 Å². The van der Waals surface area contributed by atoms with Crippen LogP contribution in [-0.2, 0) is 0 Å². The first kappa shape index (κ1) is 9.33. The van der Waals surface area contributed by atoms with E-state index in [-0.39, 0.29) is 0 Å². The van der Waals surface area contributed by atoms with Crippen molar-refractivity contribution < 1.29 is 5.21 Å². The number of hydrazine groups is 1. The van der Waals surface area contributed by atoms with E-state index in [1.807, 2.05) is 6.07 Å². The summed E-state index contributed by atoms with van der Waals surface area (Å²) in [4.78, 5) is 0. The Kier molecular flexibility index (Phi) is 2.24. The summed E-state index contributed by atoms with van der Waals surface area (Å²) >= 11 is 0. The van der Waals surface area contributed by atoms with Crippen LogP contribution >= 0.6 is 0 Å². The number of rotatable bonds is 1. The lowest BCUT2D eigenvalue weighted by Gasteiger charge is -2.21. The van der Waals surface area contributed by atoms with Crippen molar-refractivity contribution >= 4 is 0 Å². The van der Waals surface area contributed by atoms with Crippen molar-refractivity contribution in [1.82, 2.24) is 10.2 Å². The summed E-state index contributed by atoms with van der Waals surface area (Å²) in [7, 11) is 0. The van der Waals surface area contributed by atoms with Gasteiger partial charge in [-0.05, 0) is 18.4 Å². The Labute approximate surface area is 89.8 Å². The lowest BCUT2D eigenvalue weighted by atomic mass is 9.92. The van der Waals surface area contributed by atoms with Crippen LogP contribution < -0.4 is 0 Å². The standard InChI is InChI=1S/C12H16N2O/c15-14-9-11(10-5-2-1-3-6-10)12-7-4-8-13(12)14/h1-3,5-6,11-12,15H,4,7-9H2/t11-,12-/m0/s1. The van der Waals surface area contributed by atoms with Gasteiger partial charge in [-0.2, -0.15) is 0 Å². The molecule has 2 heterocycles. The Morgan fingerprint density at radius 1 is 1.20 bits per heavy atom. The Hall–Kier alpha value is -0.900. The molecule has 0 spiro atoms. The number of benzene rings is 1. The number of hydroxylamine groups is 1. The van der Waals surface area contributed by atoms with Crippen LogP contribution in [0, 0.1) is 0 Å². The van der Waals surface area contributed by atoms with E-state index >= 15 is 0 Å². The lowest BCUT2D eigenvalue weighted by Crippen LogP contribution is -2.34. The van der Waals surface area contributed by atoms with Gasteiger partial charge in [-0.25, -0.2) is 5.01 Å². The topological polar surface area (TPSA) is 26.7 Å². The van der Waals surface area contributed by atoms with E-state index in [0.717, 1.165) is 13.1 Å². The first-order chi connectivity index (χ1) is 7.36. The molecule has 0 unspecified atom stereocenters. The van der Waals surface area contributed by atoms with Crippen molar-refractivity contribution in [2.45, 2.75) is 24.8 Å². The SMILES string of the molecule is ON1C[C@@H](c2ccccc2)[C@@H]2CCCN21. The Morgan fingerprint density at radius 3 is 2.80 bits per heavy atom. The number of fused-ring (bicyclic) bond motifs is 1. The van der Waals surface area contributed by atoms with Gasteiger partial charge >= 0.3 is 0 Å². The Bertz CT molecular complexity index is 341. The predicted octanol–water partition coefficient (Wildman–Crippen LogP) is 1.85. The monoisotopic (exact) mass is 204 g/mol. The summed E-state index contributed by atoms with van der Waals surface area (Å²) in [6.45, 7) is 1.75. The highest BCUT2D eigenvalue weighted by Crippen LogP contribution is 2.37. The van der Waals surface area contributed by atoms with Crippen LogP contribution in [0.15, 0.2) is 30.3 Å². The van der Waals surface area contributed by atoms with Gasteiger partial charge in [-0.1, -0.05) is 30.3 Å². The fourth-order valence-electron chi connectivity index (χ4n) is 2.90. The molecule has 2 fully saturated rings. The lowest BCUT2D eigenvalue weighted by molar-refractivity contribution is -0.218. The van der Waals surface area contributed by atoms with Gasteiger partial charge in [0.1, 0.15) is 0 Å². The number of hydrogen-bond donors (Lipinski definition) is 1. The second-order valence-corrected chi connectivity index (χ2v) is 4.44. The summed E-state index contributed by atoms with van der Waals surface area (Å²) in [5, 5.41) is 13.3. The second-order valence-electron chi connectivity index (χ2n) is 4.44. The quantitative estimate of drug-likeness (QED) is 0.756. The zero-order valence-electron chi connectivity index (χ0n) is 8.71. The maximum Gasteiger partial charge on any atom is 0.0485 e. The molecule has 2 atom stereocenters. The van der Waals surface area contributed by atoms with Crippen LogP contribution in [0.1, 0.15) is 24.3 Å². The van der Waals surface area contributed by atoms with Crippen molar-refractivity contribution in [1.29, 1.82) is 0 Å². The summed E-state index contributed by atoms with van der Waals surface area (Å²) in [5.41, 5.74) is 1.35. The van der Waals surface area contributed by atoms with E-state index in [1.165, 1.54) is 23.6 Å². The van der Waals surface area contributed by atoms with Gasteiger partial charge in [0, 0.05) is 25.0 Å². The van der Waals surface area contributed by atoms with Gasteiger partial charge in [-0.15, -0.1) is 5.17 Å². The molecule has 1 aromatic carbocycles. The molecular formula is C12H16N2O. The van der Waals surface area contributed by atoms with Crippen molar-refractivity contribution in [3.8, 4) is 0 Å². The second kappa shape index (κ2) is 3.59. The van der Waals surface area contributed by atoms with Gasteiger partial charge in [0.15, 0.2) is 0 Å². The molecule has 2 saturated heterocycles. The van der Waals surface area contributed by atoms with Crippen molar-refractivity contribution in [3.63, 3.8) is 0 Å². The van der Waals surface area contributed by atoms with E-state index < -0.39 is 0 Å². The molecule has 3 heteroatoms. The third-order valence-electron chi connectivity index (χ3n) is 3.62. The average Bonchev–Trinajstić information content (AvgIpc) is 2.84. The average molecular weight is 204 g/mol. The van der Waals surface area contributed by atoms with Crippen LogP contribution in [-0.4, -0.2) is 34.5 Å². The third kappa shape index (κ3) is 1.47. The zero-order chi connectivity index (χ0) is 10.3. The van der Waals surface area contributed by atoms with E-state index in [1.54, 1.807) is 0 Å². The maximum atomic E-state index is 9.79. The number of hydrogen-bond acceptors (Lipinski definition) is 3. The fourth-order valence-corrected chi connectivity index (χ4v) is 2.90. The fraction of sp³-hybridized carbons (Fsp3) is 0.500. The summed E-state index contributed by atoms with van der Waals surface area (Å²) in [6.07, 6.45) is 2.40. The normalized spacial score (nSPS) is 32.1. The molecule has 15 heavy (non-hydrogen) atoms. The van der Waals surface area contributed by atoms with Gasteiger partial charge in [0.25, 0.3) is 0 Å². The largest absolute Gasteiger partial charge is 0.299 e. The molecule has 3 rings (SSSR count). The van der Waals surface area contributed by atoms with Crippen molar-refractivity contribution in [2.24, 2.45) is 0 Å². The minimum atomic E-state index is 0.471.